The molecular weight excluding hydrogens is 1130 g/mol. The number of carbonyl (C=O) groups excluding carboxylic acids is 5. The fourth-order valence-electron chi connectivity index (χ4n) is 10.9. The minimum atomic E-state index is -3.17. The Morgan fingerprint density at radius 2 is 1.33 bits per heavy atom. The lowest BCUT2D eigenvalue weighted by atomic mass is 9.88. The van der Waals surface area contributed by atoms with E-state index in [0.29, 0.717) is 37.5 Å². The lowest BCUT2D eigenvalue weighted by molar-refractivity contribution is -0.390. The highest BCUT2D eigenvalue weighted by molar-refractivity contribution is 8.00. The van der Waals surface area contributed by atoms with Crippen LogP contribution in [0.2, 0.25) is 0 Å². The van der Waals surface area contributed by atoms with Crippen LogP contribution in [0.25, 0.3) is 0 Å². The zero-order valence-electron chi connectivity index (χ0n) is 46.3. The molecule has 476 valence electrons. The Kier molecular flexibility index (Phi) is 26.1. The fourth-order valence-corrected chi connectivity index (χ4v) is 12.4. The molecule has 0 spiro atoms. The Labute approximate surface area is 481 Å². The molecule has 0 radical (unpaired) electrons. The molecule has 19 unspecified atom stereocenters. The van der Waals surface area contributed by atoms with E-state index in [2.05, 4.69) is 31.9 Å². The van der Waals surface area contributed by atoms with Crippen molar-refractivity contribution >= 4 is 47.4 Å². The highest BCUT2D eigenvalue weighted by Gasteiger charge is 2.61. The first-order valence-corrected chi connectivity index (χ1v) is 29.0. The molecule has 33 heteroatoms. The van der Waals surface area contributed by atoms with Crippen molar-refractivity contribution < 1.29 is 128 Å². The molecule has 24 atom stereocenters. The second-order valence-electron chi connectivity index (χ2n) is 21.6. The molecule has 0 bridgehead atoms. The van der Waals surface area contributed by atoms with Crippen molar-refractivity contribution in [1.82, 2.24) is 31.9 Å². The Bertz CT molecular complexity index is 2130. The molecule has 6 saturated heterocycles. The lowest BCUT2D eigenvalue weighted by Crippen LogP contribution is -2.71. The number of hydrogen-bond acceptors (Lipinski definition) is 26. The van der Waals surface area contributed by atoms with E-state index < -0.39 is 172 Å². The second kappa shape index (κ2) is 31.7. The number of ether oxygens (including phenoxy) is 8. The average Bonchev–Trinajstić information content (AvgIpc) is 2.87. The van der Waals surface area contributed by atoms with Crippen LogP contribution in [-0.4, -0.2) is 288 Å². The zero-order valence-corrected chi connectivity index (χ0v) is 47.1. The maximum atomic E-state index is 13.2. The Hall–Kier alpha value is -3.79. The van der Waals surface area contributed by atoms with Crippen LogP contribution in [0.1, 0.15) is 85.0 Å². The van der Waals surface area contributed by atoms with Crippen molar-refractivity contribution in [2.24, 2.45) is 0 Å². The van der Waals surface area contributed by atoms with Crippen LogP contribution >= 0.6 is 11.8 Å². The number of fused-ring (bicyclic) bond motifs is 1. The lowest BCUT2D eigenvalue weighted by Gasteiger charge is -2.51. The van der Waals surface area contributed by atoms with Crippen LogP contribution in [0.3, 0.4) is 0 Å². The van der Waals surface area contributed by atoms with Crippen molar-refractivity contribution in [3.8, 4) is 0 Å². The van der Waals surface area contributed by atoms with Crippen LogP contribution in [0.5, 0.6) is 0 Å². The number of unbranched alkanes of at least 4 members (excludes halogenated alkanes) is 3. The Morgan fingerprint density at radius 3 is 1.96 bits per heavy atom. The van der Waals surface area contributed by atoms with Gasteiger partial charge < -0.3 is 131 Å². The maximum Gasteiger partial charge on any atom is 0.364 e. The van der Waals surface area contributed by atoms with Gasteiger partial charge in [-0.15, -0.1) is 0 Å². The van der Waals surface area contributed by atoms with E-state index >= 15 is 0 Å². The van der Waals surface area contributed by atoms with Crippen LogP contribution in [0, 0.1) is 0 Å². The predicted molar refractivity (Wildman–Crippen MR) is 280 cm³/mol. The van der Waals surface area contributed by atoms with Gasteiger partial charge in [-0.1, -0.05) is 12.8 Å². The first-order valence-electron chi connectivity index (χ1n) is 27.9. The molecule has 0 aromatic heterocycles. The summed E-state index contributed by atoms with van der Waals surface area (Å²) in [5.41, 5.74) is 0. The summed E-state index contributed by atoms with van der Waals surface area (Å²) >= 11 is 1.83. The van der Waals surface area contributed by atoms with E-state index in [-0.39, 0.29) is 55.9 Å². The van der Waals surface area contributed by atoms with E-state index in [1.807, 2.05) is 11.8 Å². The van der Waals surface area contributed by atoms with Crippen molar-refractivity contribution in [1.29, 1.82) is 0 Å². The molecule has 6 fully saturated rings. The number of hydrogen-bond donors (Lipinski definition) is 18. The average molecular weight is 1220 g/mol. The highest BCUT2D eigenvalue weighted by atomic mass is 32.2. The standard InChI is InChI=1S/C50H84N6O26S/c1-21-35(66)38(69)39(70)46(76-21)79-41-28(19-59)78-45(75-15-9-14-52-30(64)11-5-4-8-13-51-31(65)12-7-6-10-29-32-24(20-83-29)55-49(74)56-32)34(54-23(3)61)43(41)80-47-40(71)44(37(68)27(18-58)77-47)82-50(48(72)73)16-25(62)33(53-22(2)60)42(81-50)36(67)26(63)17-57/h21,24-29,32-47,57-59,62-63,66-71H,4-20H2,1-3H3,(H,51,65)(H,52,64)(H,53,60)(H,54,61)(H,72,73)(H2,55,56,74)/t21?,24-,25?,26+,27?,28?,29-,32-,33?,34?,35?,36+,37?,38?,39?,40?,41?,42?,43?,44?,45?,46?,47?,50?/m0/s1. The van der Waals surface area contributed by atoms with E-state index in [9.17, 15) is 90.0 Å². The summed E-state index contributed by atoms with van der Waals surface area (Å²) in [4.78, 5) is 75.1. The Morgan fingerprint density at radius 1 is 0.711 bits per heavy atom. The van der Waals surface area contributed by atoms with Gasteiger partial charge in [-0.05, 0) is 39.0 Å². The summed E-state index contributed by atoms with van der Waals surface area (Å²) in [6.07, 6.45) is -30.2. The Balaban J connectivity index is 1.09. The molecular formula is C50H84N6O26S. The highest BCUT2D eigenvalue weighted by Crippen LogP contribution is 2.40. The molecule has 6 amide bonds. The third-order valence-corrected chi connectivity index (χ3v) is 16.8. The third-order valence-electron chi connectivity index (χ3n) is 15.3. The van der Waals surface area contributed by atoms with Crippen LogP contribution in [0.15, 0.2) is 0 Å². The number of carboxylic acids is 1. The topological polar surface area (TPSA) is 491 Å². The van der Waals surface area contributed by atoms with Crippen LogP contribution < -0.4 is 31.9 Å². The number of amides is 6. The normalized spacial score (nSPS) is 38.7. The first-order chi connectivity index (χ1) is 39.4. The molecule has 6 aliphatic rings. The predicted octanol–water partition coefficient (Wildman–Crippen LogP) is -7.29. The van der Waals surface area contributed by atoms with E-state index in [1.54, 1.807) is 0 Å². The molecule has 32 nitrogen and oxygen atoms in total. The van der Waals surface area contributed by atoms with Gasteiger partial charge in [-0.2, -0.15) is 11.8 Å². The van der Waals surface area contributed by atoms with Crippen LogP contribution in [0.4, 0.5) is 4.79 Å². The van der Waals surface area contributed by atoms with E-state index in [4.69, 9.17) is 37.9 Å². The number of urea groups is 1. The van der Waals surface area contributed by atoms with Gasteiger partial charge >= 0.3 is 12.0 Å². The molecule has 0 aliphatic carbocycles. The van der Waals surface area contributed by atoms with Crippen molar-refractivity contribution in [3.05, 3.63) is 0 Å². The van der Waals surface area contributed by atoms with Gasteiger partial charge in [-0.25, -0.2) is 9.59 Å². The molecule has 0 aromatic carbocycles. The molecule has 6 aliphatic heterocycles. The smallest absolute Gasteiger partial charge is 0.364 e. The largest absolute Gasteiger partial charge is 0.477 e. The molecule has 18 N–H and O–H groups in total. The quantitative estimate of drug-likeness (QED) is 0.0235. The van der Waals surface area contributed by atoms with E-state index in [1.165, 1.54) is 6.92 Å². The van der Waals surface area contributed by atoms with Gasteiger partial charge in [0.25, 0.3) is 5.79 Å². The summed E-state index contributed by atoms with van der Waals surface area (Å²) in [6, 6.07) is -3.06. The second-order valence-corrected chi connectivity index (χ2v) is 22.9. The molecule has 0 aromatic rings. The number of aliphatic hydroxyl groups excluding tert-OH is 11. The zero-order chi connectivity index (χ0) is 60.9. The summed E-state index contributed by atoms with van der Waals surface area (Å²) in [5, 5.41) is 146. The third kappa shape index (κ3) is 17.7. The number of carbonyl (C=O) groups is 6. The van der Waals surface area contributed by atoms with Crippen molar-refractivity contribution in [2.75, 3.05) is 45.3 Å². The number of thioether (sulfide) groups is 1. The SMILES string of the molecule is CC(=O)NC1C(OCCCNC(=O)CCCCCNC(=O)CCCC[C@@H]2SC[C@@H]3NC(=O)N[C@@H]32)OC(CO)C(OC2OC(C)C(O)C(O)C2O)C1OC1OC(CO)C(O)C(OC2(C(=O)O)CC(O)C(NC(C)=O)C([C@H](O)[C@H](O)CO)O2)C1O. The monoisotopic (exact) mass is 1220 g/mol. The summed E-state index contributed by atoms with van der Waals surface area (Å²) in [5.74, 6) is -6.20. The number of aliphatic carboxylic acids is 1. The molecule has 0 saturated carbocycles. The molecule has 6 rings (SSSR count). The summed E-state index contributed by atoms with van der Waals surface area (Å²) in [6.45, 7) is 0.702. The summed E-state index contributed by atoms with van der Waals surface area (Å²) < 4.78 is 47.6. The van der Waals surface area contributed by atoms with Gasteiger partial charge in [0.15, 0.2) is 18.9 Å². The first kappa shape index (κ1) is 68.3. The van der Waals surface area contributed by atoms with Crippen LogP contribution in [-0.2, 0) is 61.9 Å². The number of rotatable bonds is 30. The van der Waals surface area contributed by atoms with Gasteiger partial charge in [0.05, 0.1) is 56.8 Å². The number of aliphatic hydroxyl groups is 11. The van der Waals surface area contributed by atoms with Crippen molar-refractivity contribution in [2.45, 2.75) is 231 Å². The van der Waals surface area contributed by atoms with Gasteiger partial charge in [0.2, 0.25) is 23.6 Å². The minimum absolute atomic E-state index is 0.0507. The van der Waals surface area contributed by atoms with Gasteiger partial charge in [-0.3, -0.25) is 19.2 Å². The van der Waals surface area contributed by atoms with Crippen molar-refractivity contribution in [3.63, 3.8) is 0 Å². The van der Waals surface area contributed by atoms with E-state index in [0.717, 1.165) is 38.9 Å². The molecule has 6 heterocycles. The number of carboxylic acid groups (broad SMARTS) is 1. The summed E-state index contributed by atoms with van der Waals surface area (Å²) in [7, 11) is 0. The number of nitrogens with one attached hydrogen (secondary N) is 6. The van der Waals surface area contributed by atoms with Gasteiger partial charge in [0.1, 0.15) is 85.4 Å². The fraction of sp³-hybridized carbons (Fsp3) is 0.880. The molecule has 83 heavy (non-hydrogen) atoms. The minimum Gasteiger partial charge on any atom is -0.477 e. The van der Waals surface area contributed by atoms with Gasteiger partial charge in [0, 0.05) is 57.2 Å². The maximum absolute atomic E-state index is 13.2.